The largest absolute Gasteiger partial charge is 0.497 e. The molecule has 3 heteroatoms. The molecular formula is C16H20N2O. The number of ether oxygens (including phenoxy) is 1. The van der Waals surface area contributed by atoms with Crippen LogP contribution in [0.25, 0.3) is 11.1 Å². The molecule has 3 nitrogen and oxygen atoms in total. The van der Waals surface area contributed by atoms with Crippen LogP contribution in [0.15, 0.2) is 36.5 Å². The summed E-state index contributed by atoms with van der Waals surface area (Å²) in [6, 6.07) is 10.3. The summed E-state index contributed by atoms with van der Waals surface area (Å²) >= 11 is 0. The highest BCUT2D eigenvalue weighted by atomic mass is 16.5. The fourth-order valence-electron chi connectivity index (χ4n) is 2.01. The Morgan fingerprint density at radius 2 is 2.05 bits per heavy atom. The van der Waals surface area contributed by atoms with E-state index < -0.39 is 0 Å². The number of hydrogen-bond acceptors (Lipinski definition) is 3. The molecule has 0 fully saturated rings. The lowest BCUT2D eigenvalue weighted by Gasteiger charge is -2.12. The lowest BCUT2D eigenvalue weighted by Crippen LogP contribution is -2.12. The van der Waals surface area contributed by atoms with E-state index >= 15 is 0 Å². The highest BCUT2D eigenvalue weighted by molar-refractivity contribution is 5.67. The Labute approximate surface area is 114 Å². The molecule has 2 aromatic rings. The number of benzene rings is 1. The summed E-state index contributed by atoms with van der Waals surface area (Å²) in [6.07, 6.45) is 1.92. The molecule has 1 heterocycles. The third-order valence-corrected chi connectivity index (χ3v) is 3.10. The van der Waals surface area contributed by atoms with Gasteiger partial charge in [0.15, 0.2) is 0 Å². The molecule has 0 amide bonds. The van der Waals surface area contributed by atoms with Crippen LogP contribution in [0.5, 0.6) is 5.75 Å². The standard InChI is InChI=1S/C16H20N2O/c1-4-17-10-14-9-15(19-3)7-8-16(14)13-6-5-12(2)18-11-13/h5-9,11,17H,4,10H2,1-3H3. The maximum absolute atomic E-state index is 5.30. The molecule has 0 aliphatic carbocycles. The lowest BCUT2D eigenvalue weighted by atomic mass is 10.0. The number of methoxy groups -OCH3 is 1. The van der Waals surface area contributed by atoms with Crippen molar-refractivity contribution in [1.82, 2.24) is 10.3 Å². The maximum Gasteiger partial charge on any atom is 0.119 e. The topological polar surface area (TPSA) is 34.1 Å². The second-order valence-electron chi connectivity index (χ2n) is 4.49. The monoisotopic (exact) mass is 256 g/mol. The van der Waals surface area contributed by atoms with Crippen molar-refractivity contribution in [3.8, 4) is 16.9 Å². The molecule has 100 valence electrons. The first-order chi connectivity index (χ1) is 9.24. The number of nitrogens with zero attached hydrogens (tertiary/aromatic N) is 1. The molecule has 0 spiro atoms. The Morgan fingerprint density at radius 1 is 1.21 bits per heavy atom. The highest BCUT2D eigenvalue weighted by Gasteiger charge is 2.07. The molecule has 0 bridgehead atoms. The molecule has 0 unspecified atom stereocenters. The van der Waals surface area contributed by atoms with Crippen molar-refractivity contribution in [2.24, 2.45) is 0 Å². The van der Waals surface area contributed by atoms with Crippen LogP contribution in [0, 0.1) is 6.92 Å². The summed E-state index contributed by atoms with van der Waals surface area (Å²) in [5.74, 6) is 0.886. The van der Waals surface area contributed by atoms with E-state index in [2.05, 4.69) is 35.4 Å². The molecule has 0 atom stereocenters. The van der Waals surface area contributed by atoms with E-state index in [1.807, 2.05) is 25.3 Å². The van der Waals surface area contributed by atoms with E-state index in [4.69, 9.17) is 4.74 Å². The molecule has 0 aliphatic heterocycles. The SMILES string of the molecule is CCNCc1cc(OC)ccc1-c1ccc(C)nc1. The van der Waals surface area contributed by atoms with Gasteiger partial charge in [-0.05, 0) is 42.8 Å². The minimum atomic E-state index is 0.830. The van der Waals surface area contributed by atoms with E-state index in [-0.39, 0.29) is 0 Å². The van der Waals surface area contributed by atoms with Gasteiger partial charge in [0.2, 0.25) is 0 Å². The van der Waals surface area contributed by atoms with Gasteiger partial charge in [0.25, 0.3) is 0 Å². The zero-order valence-corrected chi connectivity index (χ0v) is 11.7. The Bertz CT molecular complexity index is 535. The second-order valence-corrected chi connectivity index (χ2v) is 4.49. The maximum atomic E-state index is 5.30. The van der Waals surface area contributed by atoms with E-state index in [9.17, 15) is 0 Å². The number of rotatable bonds is 5. The number of aromatic nitrogens is 1. The molecule has 0 saturated carbocycles. The Kier molecular flexibility index (Phi) is 4.53. The van der Waals surface area contributed by atoms with Gasteiger partial charge in [-0.25, -0.2) is 0 Å². The van der Waals surface area contributed by atoms with Crippen LogP contribution in [0.2, 0.25) is 0 Å². The van der Waals surface area contributed by atoms with E-state index in [1.165, 1.54) is 11.1 Å². The van der Waals surface area contributed by atoms with Crippen LogP contribution in [-0.2, 0) is 6.54 Å². The van der Waals surface area contributed by atoms with Crippen molar-refractivity contribution >= 4 is 0 Å². The number of hydrogen-bond donors (Lipinski definition) is 1. The summed E-state index contributed by atoms with van der Waals surface area (Å²) in [5.41, 5.74) is 4.60. The van der Waals surface area contributed by atoms with Crippen LogP contribution in [0.4, 0.5) is 0 Å². The highest BCUT2D eigenvalue weighted by Crippen LogP contribution is 2.27. The van der Waals surface area contributed by atoms with E-state index in [0.29, 0.717) is 0 Å². The van der Waals surface area contributed by atoms with Gasteiger partial charge >= 0.3 is 0 Å². The molecule has 1 N–H and O–H groups in total. The number of aryl methyl sites for hydroxylation is 1. The van der Waals surface area contributed by atoms with Crippen LogP contribution in [-0.4, -0.2) is 18.6 Å². The predicted molar refractivity (Wildman–Crippen MR) is 78.3 cm³/mol. The first-order valence-electron chi connectivity index (χ1n) is 6.55. The van der Waals surface area contributed by atoms with Crippen molar-refractivity contribution in [3.05, 3.63) is 47.8 Å². The summed E-state index contributed by atoms with van der Waals surface area (Å²) in [7, 11) is 1.69. The van der Waals surface area contributed by atoms with Gasteiger partial charge in [-0.3, -0.25) is 4.98 Å². The molecular weight excluding hydrogens is 236 g/mol. The quantitative estimate of drug-likeness (QED) is 0.892. The minimum absolute atomic E-state index is 0.830. The second kappa shape index (κ2) is 6.34. The normalized spacial score (nSPS) is 10.5. The molecule has 1 aromatic heterocycles. The van der Waals surface area contributed by atoms with Gasteiger partial charge in [0.1, 0.15) is 5.75 Å². The van der Waals surface area contributed by atoms with Gasteiger partial charge in [0, 0.05) is 24.0 Å². The molecule has 2 rings (SSSR count). The Morgan fingerprint density at radius 3 is 2.68 bits per heavy atom. The third-order valence-electron chi connectivity index (χ3n) is 3.10. The average molecular weight is 256 g/mol. The van der Waals surface area contributed by atoms with Crippen molar-refractivity contribution < 1.29 is 4.74 Å². The smallest absolute Gasteiger partial charge is 0.119 e. The third kappa shape index (κ3) is 3.32. The van der Waals surface area contributed by atoms with Crippen molar-refractivity contribution in [2.45, 2.75) is 20.4 Å². The summed E-state index contributed by atoms with van der Waals surface area (Å²) < 4.78 is 5.30. The fourth-order valence-corrected chi connectivity index (χ4v) is 2.01. The van der Waals surface area contributed by atoms with Gasteiger partial charge < -0.3 is 10.1 Å². The molecule has 1 aromatic carbocycles. The zero-order chi connectivity index (χ0) is 13.7. The van der Waals surface area contributed by atoms with Crippen molar-refractivity contribution in [1.29, 1.82) is 0 Å². The first-order valence-corrected chi connectivity index (χ1v) is 6.55. The van der Waals surface area contributed by atoms with Crippen LogP contribution in [0.1, 0.15) is 18.2 Å². The molecule has 0 saturated heterocycles. The van der Waals surface area contributed by atoms with Crippen LogP contribution in [0.3, 0.4) is 0 Å². The van der Waals surface area contributed by atoms with Crippen LogP contribution >= 0.6 is 0 Å². The lowest BCUT2D eigenvalue weighted by molar-refractivity contribution is 0.414. The average Bonchev–Trinajstić information content (AvgIpc) is 2.46. The minimum Gasteiger partial charge on any atom is -0.497 e. The Balaban J connectivity index is 2.39. The van der Waals surface area contributed by atoms with Crippen molar-refractivity contribution in [3.63, 3.8) is 0 Å². The van der Waals surface area contributed by atoms with Crippen LogP contribution < -0.4 is 10.1 Å². The summed E-state index contributed by atoms with van der Waals surface area (Å²) in [5, 5.41) is 3.36. The number of nitrogens with one attached hydrogen (secondary N) is 1. The Hall–Kier alpha value is -1.87. The fraction of sp³-hybridized carbons (Fsp3) is 0.312. The van der Waals surface area contributed by atoms with Gasteiger partial charge in [-0.1, -0.05) is 19.1 Å². The van der Waals surface area contributed by atoms with Gasteiger partial charge in [-0.2, -0.15) is 0 Å². The van der Waals surface area contributed by atoms with Gasteiger partial charge in [0.05, 0.1) is 7.11 Å². The van der Waals surface area contributed by atoms with E-state index in [1.54, 1.807) is 7.11 Å². The van der Waals surface area contributed by atoms with Crippen molar-refractivity contribution in [2.75, 3.05) is 13.7 Å². The molecule has 0 radical (unpaired) electrons. The zero-order valence-electron chi connectivity index (χ0n) is 11.7. The summed E-state index contributed by atoms with van der Waals surface area (Å²) in [4.78, 5) is 4.37. The predicted octanol–water partition coefficient (Wildman–Crippen LogP) is 3.18. The molecule has 0 aliphatic rings. The van der Waals surface area contributed by atoms with Gasteiger partial charge in [-0.15, -0.1) is 0 Å². The molecule has 19 heavy (non-hydrogen) atoms. The number of pyridine rings is 1. The first kappa shape index (κ1) is 13.6. The summed E-state index contributed by atoms with van der Waals surface area (Å²) in [6.45, 7) is 5.88. The van der Waals surface area contributed by atoms with E-state index in [0.717, 1.165) is 30.1 Å².